The minimum absolute atomic E-state index is 0.0553. The zero-order chi connectivity index (χ0) is 15.5. The molecule has 118 valence electrons. The van der Waals surface area contributed by atoms with Gasteiger partial charge in [-0.1, -0.05) is 0 Å². The fourth-order valence-electron chi connectivity index (χ4n) is 2.77. The highest BCUT2D eigenvalue weighted by Crippen LogP contribution is 2.16. The van der Waals surface area contributed by atoms with E-state index in [2.05, 4.69) is 9.97 Å². The molecule has 22 heavy (non-hydrogen) atoms. The first-order valence-electron chi connectivity index (χ1n) is 7.63. The van der Waals surface area contributed by atoms with Crippen LogP contribution < -0.4 is 0 Å². The van der Waals surface area contributed by atoms with Crippen molar-refractivity contribution in [3.63, 3.8) is 0 Å². The molecule has 0 bridgehead atoms. The van der Waals surface area contributed by atoms with Crippen LogP contribution in [0.2, 0.25) is 0 Å². The summed E-state index contributed by atoms with van der Waals surface area (Å²) in [4.78, 5) is 36.3. The van der Waals surface area contributed by atoms with Crippen molar-refractivity contribution in [3.8, 4) is 0 Å². The summed E-state index contributed by atoms with van der Waals surface area (Å²) >= 11 is 0. The number of piperazine rings is 1. The number of rotatable bonds is 2. The van der Waals surface area contributed by atoms with Gasteiger partial charge in [0.2, 0.25) is 0 Å². The molecule has 2 aliphatic rings. The van der Waals surface area contributed by atoms with Crippen molar-refractivity contribution in [3.05, 3.63) is 23.8 Å². The van der Waals surface area contributed by atoms with Crippen LogP contribution >= 0.6 is 0 Å². The molecule has 0 saturated carbocycles. The van der Waals surface area contributed by atoms with E-state index < -0.39 is 0 Å². The van der Waals surface area contributed by atoms with Crippen LogP contribution in [0.1, 0.15) is 29.0 Å². The molecule has 0 spiro atoms. The number of hydrogen-bond donors (Lipinski definition) is 0. The first-order valence-corrected chi connectivity index (χ1v) is 7.63. The summed E-state index contributed by atoms with van der Waals surface area (Å²) in [5.74, 6) is -0.0727. The molecule has 0 unspecified atom stereocenters. The van der Waals surface area contributed by atoms with E-state index in [1.54, 1.807) is 16.0 Å². The van der Waals surface area contributed by atoms with Crippen molar-refractivity contribution >= 4 is 11.8 Å². The van der Waals surface area contributed by atoms with Crippen LogP contribution in [0.25, 0.3) is 0 Å². The summed E-state index contributed by atoms with van der Waals surface area (Å²) in [6.07, 6.45) is 4.55. The van der Waals surface area contributed by atoms with Gasteiger partial charge in [0.15, 0.2) is 0 Å². The van der Waals surface area contributed by atoms with E-state index >= 15 is 0 Å². The molecular formula is C15H20N4O3. The van der Waals surface area contributed by atoms with Gasteiger partial charge in [0.1, 0.15) is 11.8 Å². The minimum atomic E-state index is -0.287. The Bertz CT molecular complexity index is 546. The molecule has 2 aliphatic heterocycles. The van der Waals surface area contributed by atoms with Crippen LogP contribution in [0.5, 0.6) is 0 Å². The monoisotopic (exact) mass is 304 g/mol. The second kappa shape index (κ2) is 6.39. The molecule has 1 aromatic heterocycles. The molecule has 1 atom stereocenters. The summed E-state index contributed by atoms with van der Waals surface area (Å²) in [5.41, 5.74) is 1.13. The molecule has 7 nitrogen and oxygen atoms in total. The Balaban J connectivity index is 1.56. The molecule has 2 amide bonds. The van der Waals surface area contributed by atoms with E-state index in [0.29, 0.717) is 38.5 Å². The van der Waals surface area contributed by atoms with Gasteiger partial charge in [-0.25, -0.2) is 4.98 Å². The van der Waals surface area contributed by atoms with Crippen molar-refractivity contribution in [1.82, 2.24) is 19.8 Å². The van der Waals surface area contributed by atoms with E-state index in [0.717, 1.165) is 18.5 Å². The van der Waals surface area contributed by atoms with Gasteiger partial charge in [0, 0.05) is 39.0 Å². The lowest BCUT2D eigenvalue weighted by atomic mass is 10.2. The maximum absolute atomic E-state index is 12.3. The zero-order valence-electron chi connectivity index (χ0n) is 12.7. The largest absolute Gasteiger partial charge is 0.368 e. The smallest absolute Gasteiger partial charge is 0.274 e. The lowest BCUT2D eigenvalue weighted by Crippen LogP contribution is -2.52. The quantitative estimate of drug-likeness (QED) is 0.783. The average Bonchev–Trinajstić information content (AvgIpc) is 3.09. The summed E-state index contributed by atoms with van der Waals surface area (Å²) in [6, 6.07) is 0. The van der Waals surface area contributed by atoms with Gasteiger partial charge >= 0.3 is 0 Å². The predicted octanol–water partition coefficient (Wildman–Crippen LogP) is 0.248. The molecule has 3 heterocycles. The number of amides is 2. The van der Waals surface area contributed by atoms with E-state index in [4.69, 9.17) is 4.74 Å². The first-order chi connectivity index (χ1) is 10.6. The lowest BCUT2D eigenvalue weighted by molar-refractivity contribution is -0.142. The molecule has 0 aliphatic carbocycles. The highest BCUT2D eigenvalue weighted by molar-refractivity contribution is 5.92. The van der Waals surface area contributed by atoms with Gasteiger partial charge in [-0.15, -0.1) is 0 Å². The molecule has 1 aromatic rings. The van der Waals surface area contributed by atoms with Gasteiger partial charge in [0.05, 0.1) is 11.9 Å². The maximum Gasteiger partial charge on any atom is 0.274 e. The number of hydrogen-bond acceptors (Lipinski definition) is 5. The van der Waals surface area contributed by atoms with Crippen LogP contribution in [-0.2, 0) is 9.53 Å². The molecule has 0 N–H and O–H groups in total. The number of ether oxygens (including phenoxy) is 1. The van der Waals surface area contributed by atoms with Crippen molar-refractivity contribution < 1.29 is 14.3 Å². The fourth-order valence-corrected chi connectivity index (χ4v) is 2.77. The van der Waals surface area contributed by atoms with Gasteiger partial charge in [-0.05, 0) is 19.8 Å². The third-order valence-corrected chi connectivity index (χ3v) is 4.08. The molecule has 7 heteroatoms. The molecule has 0 aromatic carbocycles. The van der Waals surface area contributed by atoms with Crippen molar-refractivity contribution in [2.45, 2.75) is 25.9 Å². The van der Waals surface area contributed by atoms with E-state index in [1.165, 1.54) is 6.20 Å². The van der Waals surface area contributed by atoms with Gasteiger partial charge < -0.3 is 14.5 Å². The van der Waals surface area contributed by atoms with Gasteiger partial charge in [-0.3, -0.25) is 14.6 Å². The number of carbonyl (C=O) groups excluding carboxylic acids is 2. The molecular weight excluding hydrogens is 284 g/mol. The Morgan fingerprint density at radius 1 is 1.14 bits per heavy atom. The third kappa shape index (κ3) is 3.09. The molecule has 2 saturated heterocycles. The van der Waals surface area contributed by atoms with Gasteiger partial charge in [0.25, 0.3) is 11.8 Å². The van der Waals surface area contributed by atoms with E-state index in [-0.39, 0.29) is 17.9 Å². The summed E-state index contributed by atoms with van der Waals surface area (Å²) in [5, 5.41) is 0. The lowest BCUT2D eigenvalue weighted by Gasteiger charge is -2.35. The zero-order valence-corrected chi connectivity index (χ0v) is 12.7. The highest BCUT2D eigenvalue weighted by atomic mass is 16.5. The summed E-state index contributed by atoms with van der Waals surface area (Å²) < 4.78 is 5.43. The number of nitrogens with zero attached hydrogens (tertiary/aromatic N) is 4. The number of aryl methyl sites for hydroxylation is 1. The second-order valence-electron chi connectivity index (χ2n) is 5.66. The second-order valence-corrected chi connectivity index (χ2v) is 5.66. The Kier molecular flexibility index (Phi) is 4.33. The fraction of sp³-hybridized carbons (Fsp3) is 0.600. The number of aromatic nitrogens is 2. The summed E-state index contributed by atoms with van der Waals surface area (Å²) in [6.45, 7) is 4.63. The molecule has 3 rings (SSSR count). The van der Waals surface area contributed by atoms with Gasteiger partial charge in [-0.2, -0.15) is 0 Å². The SMILES string of the molecule is Cc1cnc(C(=O)N2CCN(C(=O)[C@H]3CCCO3)CC2)cn1. The van der Waals surface area contributed by atoms with Crippen LogP contribution in [0.4, 0.5) is 0 Å². The topological polar surface area (TPSA) is 75.6 Å². The van der Waals surface area contributed by atoms with Crippen molar-refractivity contribution in [2.75, 3.05) is 32.8 Å². The highest BCUT2D eigenvalue weighted by Gasteiger charge is 2.31. The van der Waals surface area contributed by atoms with Crippen LogP contribution in [0.15, 0.2) is 12.4 Å². The summed E-state index contributed by atoms with van der Waals surface area (Å²) in [7, 11) is 0. The standard InChI is InChI=1S/C15H20N4O3/c1-11-9-17-12(10-16-11)14(20)18-4-6-19(7-5-18)15(21)13-3-2-8-22-13/h9-10,13H,2-8H2,1H3/t13-/m1/s1. The Morgan fingerprint density at radius 2 is 1.86 bits per heavy atom. The van der Waals surface area contributed by atoms with Crippen molar-refractivity contribution in [1.29, 1.82) is 0 Å². The molecule has 0 radical (unpaired) electrons. The molecule has 2 fully saturated rings. The minimum Gasteiger partial charge on any atom is -0.368 e. The van der Waals surface area contributed by atoms with Crippen LogP contribution in [0, 0.1) is 6.92 Å². The van der Waals surface area contributed by atoms with Crippen molar-refractivity contribution in [2.24, 2.45) is 0 Å². The Labute approximate surface area is 129 Å². The third-order valence-electron chi connectivity index (χ3n) is 4.08. The number of carbonyl (C=O) groups is 2. The Morgan fingerprint density at radius 3 is 2.45 bits per heavy atom. The van der Waals surface area contributed by atoms with E-state index in [9.17, 15) is 9.59 Å². The van der Waals surface area contributed by atoms with Crippen LogP contribution in [0.3, 0.4) is 0 Å². The maximum atomic E-state index is 12.3. The van der Waals surface area contributed by atoms with Crippen LogP contribution in [-0.4, -0.2) is 70.5 Å². The predicted molar refractivity (Wildman–Crippen MR) is 78.2 cm³/mol. The van der Waals surface area contributed by atoms with E-state index in [1.807, 2.05) is 6.92 Å². The Hall–Kier alpha value is -2.02. The average molecular weight is 304 g/mol. The normalized spacial score (nSPS) is 22.0. The first kappa shape index (κ1) is 14.9.